The van der Waals surface area contributed by atoms with Gasteiger partial charge in [0.15, 0.2) is 0 Å². The summed E-state index contributed by atoms with van der Waals surface area (Å²) in [5.41, 5.74) is 2.72. The molecule has 1 unspecified atom stereocenters. The Labute approximate surface area is 134 Å². The molecule has 2 N–H and O–H groups in total. The van der Waals surface area contributed by atoms with E-state index in [9.17, 15) is 14.3 Å². The molecule has 1 atom stereocenters. The lowest BCUT2D eigenvalue weighted by molar-refractivity contribution is -0.118. The zero-order valence-electron chi connectivity index (χ0n) is 12.7. The molecule has 0 fully saturated rings. The summed E-state index contributed by atoms with van der Waals surface area (Å²) in [4.78, 5) is 14.2. The molecule has 120 valence electrons. The summed E-state index contributed by atoms with van der Waals surface area (Å²) in [7, 11) is 0. The average molecular weight is 314 g/mol. The quantitative estimate of drug-likeness (QED) is 0.911. The van der Waals surface area contributed by atoms with E-state index in [-0.39, 0.29) is 30.9 Å². The van der Waals surface area contributed by atoms with E-state index < -0.39 is 0 Å². The number of hydrogen-bond donors (Lipinski definition) is 2. The Kier molecular flexibility index (Phi) is 4.69. The third-order valence-electron chi connectivity index (χ3n) is 4.15. The van der Waals surface area contributed by atoms with Crippen molar-refractivity contribution in [3.63, 3.8) is 0 Å². The average Bonchev–Trinajstić information content (AvgIpc) is 2.54. The van der Waals surface area contributed by atoms with Crippen LogP contribution in [0.15, 0.2) is 48.5 Å². The maximum absolute atomic E-state index is 13.2. The number of hydrogen-bond acceptors (Lipinski definition) is 3. The molecule has 1 heterocycles. The Morgan fingerprint density at radius 2 is 2.09 bits per heavy atom. The summed E-state index contributed by atoms with van der Waals surface area (Å²) in [6, 6.07) is 13.6. The molecule has 1 aliphatic heterocycles. The van der Waals surface area contributed by atoms with E-state index in [4.69, 9.17) is 0 Å². The van der Waals surface area contributed by atoms with Crippen molar-refractivity contribution >= 4 is 11.6 Å². The first-order chi connectivity index (χ1) is 11.2. The molecule has 2 aromatic carbocycles. The number of carbonyl (C=O) groups is 1. The third kappa shape index (κ3) is 3.57. The van der Waals surface area contributed by atoms with Crippen LogP contribution in [0, 0.1) is 5.82 Å². The zero-order chi connectivity index (χ0) is 16.2. The summed E-state index contributed by atoms with van der Waals surface area (Å²) in [6.45, 7) is 0.832. The van der Waals surface area contributed by atoms with E-state index in [0.29, 0.717) is 12.2 Å². The minimum absolute atomic E-state index is 0.0374. The number of nitrogens with one attached hydrogen (secondary N) is 1. The molecule has 1 amide bonds. The van der Waals surface area contributed by atoms with E-state index in [0.717, 1.165) is 12.0 Å². The predicted octanol–water partition coefficient (Wildman–Crippen LogP) is 2.36. The Bertz CT molecular complexity index is 705. The molecule has 0 saturated heterocycles. The second-order valence-corrected chi connectivity index (χ2v) is 5.68. The number of nitrogens with zero attached hydrogens (tertiary/aromatic N) is 1. The van der Waals surface area contributed by atoms with Gasteiger partial charge in [-0.05, 0) is 35.7 Å². The van der Waals surface area contributed by atoms with Crippen LogP contribution >= 0.6 is 0 Å². The van der Waals surface area contributed by atoms with Crippen molar-refractivity contribution in [1.29, 1.82) is 0 Å². The minimum atomic E-state index is -0.386. The van der Waals surface area contributed by atoms with Gasteiger partial charge in [-0.15, -0.1) is 0 Å². The Morgan fingerprint density at radius 1 is 1.26 bits per heavy atom. The fourth-order valence-electron chi connectivity index (χ4n) is 3.06. The zero-order valence-corrected chi connectivity index (χ0v) is 12.7. The van der Waals surface area contributed by atoms with Gasteiger partial charge in [-0.25, -0.2) is 4.39 Å². The Morgan fingerprint density at radius 3 is 2.87 bits per heavy atom. The molecule has 5 heteroatoms. The van der Waals surface area contributed by atoms with Crippen LogP contribution in [-0.2, 0) is 11.2 Å². The highest BCUT2D eigenvalue weighted by Gasteiger charge is 2.27. The maximum atomic E-state index is 13.2. The Hall–Kier alpha value is -2.24. The summed E-state index contributed by atoms with van der Waals surface area (Å²) in [6.07, 6.45) is 0.847. The standard InChI is InChI=1S/C18H19FN2O2/c19-14-5-3-6-15(10-14)20-18(23)11-21-9-8-13-4-1-2-7-16(13)17(21)12-22/h1-7,10,17,22H,8-9,11-12H2,(H,20,23). The van der Waals surface area contributed by atoms with Crippen LogP contribution in [0.1, 0.15) is 17.2 Å². The summed E-state index contributed by atoms with van der Waals surface area (Å²) >= 11 is 0. The molecule has 1 aliphatic rings. The third-order valence-corrected chi connectivity index (χ3v) is 4.15. The minimum Gasteiger partial charge on any atom is -0.394 e. The first-order valence-corrected chi connectivity index (χ1v) is 7.65. The van der Waals surface area contributed by atoms with Gasteiger partial charge in [0.05, 0.1) is 19.2 Å². The molecule has 0 radical (unpaired) electrons. The van der Waals surface area contributed by atoms with Gasteiger partial charge < -0.3 is 10.4 Å². The van der Waals surface area contributed by atoms with Crippen LogP contribution in [-0.4, -0.2) is 35.6 Å². The number of amides is 1. The van der Waals surface area contributed by atoms with Crippen molar-refractivity contribution in [3.8, 4) is 0 Å². The van der Waals surface area contributed by atoms with Gasteiger partial charge in [0.2, 0.25) is 5.91 Å². The van der Waals surface area contributed by atoms with Gasteiger partial charge >= 0.3 is 0 Å². The molecule has 0 saturated carbocycles. The predicted molar refractivity (Wildman–Crippen MR) is 86.6 cm³/mol. The van der Waals surface area contributed by atoms with Crippen LogP contribution in [0.25, 0.3) is 0 Å². The van der Waals surface area contributed by atoms with Crippen molar-refractivity contribution in [2.45, 2.75) is 12.5 Å². The number of halogens is 1. The monoisotopic (exact) mass is 314 g/mol. The van der Waals surface area contributed by atoms with Gasteiger partial charge in [0, 0.05) is 12.2 Å². The number of carbonyl (C=O) groups excluding carboxylic acids is 1. The Balaban J connectivity index is 1.69. The van der Waals surface area contributed by atoms with Crippen LogP contribution in [0.4, 0.5) is 10.1 Å². The molecule has 0 aromatic heterocycles. The van der Waals surface area contributed by atoms with Crippen LogP contribution < -0.4 is 5.32 Å². The lowest BCUT2D eigenvalue weighted by Crippen LogP contribution is -2.42. The van der Waals surface area contributed by atoms with E-state index >= 15 is 0 Å². The van der Waals surface area contributed by atoms with Crippen molar-refractivity contribution in [3.05, 3.63) is 65.5 Å². The van der Waals surface area contributed by atoms with Crippen LogP contribution in [0.2, 0.25) is 0 Å². The summed E-state index contributed by atoms with van der Waals surface area (Å²) in [5.74, 6) is -0.601. The smallest absolute Gasteiger partial charge is 0.238 e. The highest BCUT2D eigenvalue weighted by Crippen LogP contribution is 2.28. The van der Waals surface area contributed by atoms with Gasteiger partial charge in [-0.2, -0.15) is 0 Å². The lowest BCUT2D eigenvalue weighted by Gasteiger charge is -2.35. The highest BCUT2D eigenvalue weighted by atomic mass is 19.1. The second kappa shape index (κ2) is 6.89. The number of aliphatic hydroxyl groups excluding tert-OH is 1. The maximum Gasteiger partial charge on any atom is 0.238 e. The fraction of sp³-hybridized carbons (Fsp3) is 0.278. The van der Waals surface area contributed by atoms with Gasteiger partial charge in [-0.1, -0.05) is 30.3 Å². The second-order valence-electron chi connectivity index (χ2n) is 5.68. The first-order valence-electron chi connectivity index (χ1n) is 7.65. The number of aliphatic hydroxyl groups is 1. The van der Waals surface area contributed by atoms with Gasteiger partial charge in [-0.3, -0.25) is 9.69 Å². The molecule has 2 aromatic rings. The van der Waals surface area contributed by atoms with Crippen LogP contribution in [0.5, 0.6) is 0 Å². The van der Waals surface area contributed by atoms with E-state index in [1.54, 1.807) is 12.1 Å². The molecular weight excluding hydrogens is 295 g/mol. The van der Waals surface area contributed by atoms with E-state index in [1.165, 1.54) is 17.7 Å². The van der Waals surface area contributed by atoms with E-state index in [2.05, 4.69) is 11.4 Å². The molecule has 0 bridgehead atoms. The number of rotatable bonds is 4. The normalized spacial score (nSPS) is 17.6. The number of benzene rings is 2. The van der Waals surface area contributed by atoms with Crippen molar-refractivity contribution < 1.29 is 14.3 Å². The fourth-order valence-corrected chi connectivity index (χ4v) is 3.06. The van der Waals surface area contributed by atoms with Gasteiger partial charge in [0.1, 0.15) is 5.82 Å². The summed E-state index contributed by atoms with van der Waals surface area (Å²) in [5, 5.41) is 12.4. The first kappa shape index (κ1) is 15.6. The van der Waals surface area contributed by atoms with Crippen molar-refractivity contribution in [2.24, 2.45) is 0 Å². The van der Waals surface area contributed by atoms with Crippen LogP contribution in [0.3, 0.4) is 0 Å². The number of anilines is 1. The van der Waals surface area contributed by atoms with E-state index in [1.807, 2.05) is 23.1 Å². The molecule has 4 nitrogen and oxygen atoms in total. The van der Waals surface area contributed by atoms with Gasteiger partial charge in [0.25, 0.3) is 0 Å². The molecular formula is C18H19FN2O2. The topological polar surface area (TPSA) is 52.6 Å². The molecule has 23 heavy (non-hydrogen) atoms. The van der Waals surface area contributed by atoms with Crippen molar-refractivity contribution in [2.75, 3.05) is 25.0 Å². The highest BCUT2D eigenvalue weighted by molar-refractivity contribution is 5.92. The largest absolute Gasteiger partial charge is 0.394 e. The molecule has 0 aliphatic carbocycles. The SMILES string of the molecule is O=C(CN1CCc2ccccc2C1CO)Nc1cccc(F)c1. The molecule has 0 spiro atoms. The molecule has 3 rings (SSSR count). The summed E-state index contributed by atoms with van der Waals surface area (Å²) < 4.78 is 13.2. The lowest BCUT2D eigenvalue weighted by atomic mass is 9.93. The number of fused-ring (bicyclic) bond motifs is 1. The van der Waals surface area contributed by atoms with Crippen molar-refractivity contribution in [1.82, 2.24) is 4.90 Å².